The van der Waals surface area contributed by atoms with E-state index >= 15 is 0 Å². The van der Waals surface area contributed by atoms with Crippen LogP contribution in [-0.2, 0) is 4.74 Å². The van der Waals surface area contributed by atoms with Gasteiger partial charge in [-0.05, 0) is 61.4 Å². The number of carbonyl (C=O) groups excluding carboxylic acids is 1. The lowest BCUT2D eigenvalue weighted by Crippen LogP contribution is -2.32. The van der Waals surface area contributed by atoms with Gasteiger partial charge in [0.25, 0.3) is 5.91 Å². The summed E-state index contributed by atoms with van der Waals surface area (Å²) in [7, 11) is 0. The molecule has 2 heterocycles. The first kappa shape index (κ1) is 18.4. The average Bonchev–Trinajstić information content (AvgIpc) is 3.43. The van der Waals surface area contributed by atoms with Gasteiger partial charge in [-0.2, -0.15) is 0 Å². The highest BCUT2D eigenvalue weighted by Gasteiger charge is 2.38. The largest absolute Gasteiger partial charge is 0.378 e. The van der Waals surface area contributed by atoms with Crippen LogP contribution in [0.5, 0.6) is 0 Å². The fourth-order valence-electron chi connectivity index (χ4n) is 5.04. The minimum atomic E-state index is -0.0114. The van der Waals surface area contributed by atoms with Crippen molar-refractivity contribution in [3.63, 3.8) is 0 Å². The van der Waals surface area contributed by atoms with E-state index in [0.29, 0.717) is 24.4 Å². The van der Waals surface area contributed by atoms with Gasteiger partial charge in [0.2, 0.25) is 0 Å². The topological polar surface area (TPSA) is 50.4 Å². The van der Waals surface area contributed by atoms with E-state index in [0.717, 1.165) is 37.1 Å². The molecule has 1 amide bonds. The Morgan fingerprint density at radius 3 is 3.00 bits per heavy atom. The maximum atomic E-state index is 12.7. The summed E-state index contributed by atoms with van der Waals surface area (Å²) in [5, 5.41) is 6.81. The van der Waals surface area contributed by atoms with Crippen LogP contribution in [-0.4, -0.2) is 25.2 Å². The quantitative estimate of drug-likeness (QED) is 0.745. The molecule has 0 radical (unpaired) electrons. The van der Waals surface area contributed by atoms with Crippen molar-refractivity contribution in [1.82, 2.24) is 5.32 Å². The van der Waals surface area contributed by atoms with Crippen LogP contribution in [0.3, 0.4) is 0 Å². The van der Waals surface area contributed by atoms with Crippen LogP contribution in [0.1, 0.15) is 58.3 Å². The second-order valence-corrected chi connectivity index (χ2v) is 8.54. The summed E-state index contributed by atoms with van der Waals surface area (Å²) in [5.74, 6) is 0.819. The van der Waals surface area contributed by atoms with E-state index in [1.54, 1.807) is 0 Å². The molecule has 5 rings (SSSR count). The summed E-state index contributed by atoms with van der Waals surface area (Å²) in [4.78, 5) is 12.7. The Balaban J connectivity index is 1.39. The third-order valence-electron chi connectivity index (χ3n) is 6.54. The van der Waals surface area contributed by atoms with E-state index in [-0.39, 0.29) is 12.0 Å². The minimum absolute atomic E-state index is 0.0114. The number of fused-ring (bicyclic) bond motifs is 3. The lowest BCUT2D eigenvalue weighted by Gasteiger charge is -2.37. The number of rotatable bonds is 4. The maximum Gasteiger partial charge on any atom is 0.251 e. The van der Waals surface area contributed by atoms with Crippen molar-refractivity contribution < 1.29 is 9.53 Å². The SMILES string of the molecule is Cc1cccc(C2Nc3ccc(C(=O)NCC4CCCO4)cc3C3C=CCC32)c1. The summed E-state index contributed by atoms with van der Waals surface area (Å²) >= 11 is 0. The summed E-state index contributed by atoms with van der Waals surface area (Å²) in [6.45, 7) is 3.55. The maximum absolute atomic E-state index is 12.7. The highest BCUT2D eigenvalue weighted by Crippen LogP contribution is 2.49. The lowest BCUT2D eigenvalue weighted by atomic mass is 9.76. The van der Waals surface area contributed by atoms with Gasteiger partial charge < -0.3 is 15.4 Å². The van der Waals surface area contributed by atoms with Crippen LogP contribution in [0.4, 0.5) is 5.69 Å². The van der Waals surface area contributed by atoms with Crippen molar-refractivity contribution in [2.75, 3.05) is 18.5 Å². The molecule has 1 fully saturated rings. The van der Waals surface area contributed by atoms with Crippen molar-refractivity contribution in [1.29, 1.82) is 0 Å². The molecule has 1 aliphatic carbocycles. The van der Waals surface area contributed by atoms with Crippen molar-refractivity contribution >= 4 is 11.6 Å². The van der Waals surface area contributed by atoms with Crippen molar-refractivity contribution in [3.8, 4) is 0 Å². The molecular weight excluding hydrogens is 360 g/mol. The van der Waals surface area contributed by atoms with Gasteiger partial charge in [0.1, 0.15) is 0 Å². The van der Waals surface area contributed by atoms with Crippen LogP contribution in [0.2, 0.25) is 0 Å². The molecule has 0 aromatic heterocycles. The molecule has 4 nitrogen and oxygen atoms in total. The van der Waals surface area contributed by atoms with Crippen LogP contribution in [0.15, 0.2) is 54.6 Å². The first-order valence-corrected chi connectivity index (χ1v) is 10.7. The molecule has 29 heavy (non-hydrogen) atoms. The van der Waals surface area contributed by atoms with E-state index in [1.807, 2.05) is 6.07 Å². The standard InChI is InChI=1S/C25H28N2O2/c1-16-5-2-6-17(13-16)24-21-9-3-8-20(21)22-14-18(10-11-23(22)27-24)25(28)26-15-19-7-4-12-29-19/h2-3,5-6,8,10-11,13-14,19-21,24,27H,4,7,9,12,15H2,1H3,(H,26,28). The van der Waals surface area contributed by atoms with Crippen LogP contribution < -0.4 is 10.6 Å². The van der Waals surface area contributed by atoms with Crippen molar-refractivity contribution in [2.24, 2.45) is 5.92 Å². The van der Waals surface area contributed by atoms with Crippen molar-refractivity contribution in [2.45, 2.75) is 44.2 Å². The van der Waals surface area contributed by atoms with Gasteiger partial charge in [0.15, 0.2) is 0 Å². The molecule has 2 aromatic rings. The molecule has 4 atom stereocenters. The Hall–Kier alpha value is -2.59. The zero-order valence-corrected chi connectivity index (χ0v) is 16.9. The third-order valence-corrected chi connectivity index (χ3v) is 6.54. The molecule has 2 aliphatic heterocycles. The number of hydrogen-bond donors (Lipinski definition) is 2. The van der Waals surface area contributed by atoms with Crippen LogP contribution in [0, 0.1) is 12.8 Å². The smallest absolute Gasteiger partial charge is 0.251 e. The normalized spacial score (nSPS) is 27.2. The van der Waals surface area contributed by atoms with Crippen LogP contribution in [0.25, 0.3) is 0 Å². The molecule has 2 aromatic carbocycles. The van der Waals surface area contributed by atoms with Gasteiger partial charge in [0, 0.05) is 30.3 Å². The summed E-state index contributed by atoms with van der Waals surface area (Å²) in [6.07, 6.45) is 7.95. The average molecular weight is 389 g/mol. The number of nitrogens with one attached hydrogen (secondary N) is 2. The van der Waals surface area contributed by atoms with E-state index < -0.39 is 0 Å². The number of allylic oxidation sites excluding steroid dienone is 2. The Bertz CT molecular complexity index is 946. The minimum Gasteiger partial charge on any atom is -0.378 e. The number of aryl methyl sites for hydroxylation is 1. The summed E-state index contributed by atoms with van der Waals surface area (Å²) in [6, 6.07) is 15.2. The highest BCUT2D eigenvalue weighted by atomic mass is 16.5. The Morgan fingerprint density at radius 2 is 2.17 bits per heavy atom. The van der Waals surface area contributed by atoms with Crippen LogP contribution >= 0.6 is 0 Å². The molecule has 4 unspecified atom stereocenters. The van der Waals surface area contributed by atoms with E-state index in [4.69, 9.17) is 4.74 Å². The second kappa shape index (κ2) is 7.68. The molecule has 0 spiro atoms. The summed E-state index contributed by atoms with van der Waals surface area (Å²) in [5.41, 5.74) is 5.73. The van der Waals surface area contributed by atoms with Gasteiger partial charge in [-0.3, -0.25) is 4.79 Å². The van der Waals surface area contributed by atoms with Gasteiger partial charge in [-0.15, -0.1) is 0 Å². The van der Waals surface area contributed by atoms with E-state index in [1.165, 1.54) is 16.7 Å². The summed E-state index contributed by atoms with van der Waals surface area (Å²) < 4.78 is 5.61. The highest BCUT2D eigenvalue weighted by molar-refractivity contribution is 5.95. The molecule has 3 aliphatic rings. The molecule has 2 N–H and O–H groups in total. The van der Waals surface area contributed by atoms with E-state index in [9.17, 15) is 4.79 Å². The molecule has 1 saturated heterocycles. The third kappa shape index (κ3) is 3.58. The van der Waals surface area contributed by atoms with Crippen molar-refractivity contribution in [3.05, 3.63) is 76.9 Å². The monoisotopic (exact) mass is 388 g/mol. The van der Waals surface area contributed by atoms with Gasteiger partial charge in [-0.1, -0.05) is 42.0 Å². The number of anilines is 1. The zero-order valence-electron chi connectivity index (χ0n) is 16.9. The number of hydrogen-bond acceptors (Lipinski definition) is 3. The Morgan fingerprint density at radius 1 is 1.24 bits per heavy atom. The Labute approximate surface area is 172 Å². The predicted molar refractivity (Wildman–Crippen MR) is 115 cm³/mol. The number of amides is 1. The molecule has 0 saturated carbocycles. The number of benzene rings is 2. The lowest BCUT2D eigenvalue weighted by molar-refractivity contribution is 0.0857. The van der Waals surface area contributed by atoms with E-state index in [2.05, 4.69) is 66.1 Å². The first-order valence-electron chi connectivity index (χ1n) is 10.7. The van der Waals surface area contributed by atoms with Gasteiger partial charge in [0.05, 0.1) is 12.1 Å². The molecular formula is C25H28N2O2. The Kier molecular flexibility index (Phi) is 4.88. The predicted octanol–water partition coefficient (Wildman–Crippen LogP) is 4.73. The second-order valence-electron chi connectivity index (χ2n) is 8.54. The molecule has 150 valence electrons. The van der Waals surface area contributed by atoms with Gasteiger partial charge >= 0.3 is 0 Å². The zero-order chi connectivity index (χ0) is 19.8. The molecule has 4 heteroatoms. The van der Waals surface area contributed by atoms with Gasteiger partial charge in [-0.25, -0.2) is 0 Å². The first-order chi connectivity index (χ1) is 14.2. The fourth-order valence-corrected chi connectivity index (χ4v) is 5.04. The number of carbonyl (C=O) groups is 1. The number of ether oxygens (including phenoxy) is 1. The fraction of sp³-hybridized carbons (Fsp3) is 0.400. The molecule has 0 bridgehead atoms.